The molecule has 30 heavy (non-hydrogen) atoms. The fraction of sp³-hybridized carbons (Fsp3) is 0.333. The summed E-state index contributed by atoms with van der Waals surface area (Å²) in [7, 11) is 0. The Balaban J connectivity index is 2.07. The fourth-order valence-electron chi connectivity index (χ4n) is 3.30. The summed E-state index contributed by atoms with van der Waals surface area (Å²) in [5.74, 6) is -0.234. The molecular formula is C24H26Cl2N2OS. The van der Waals surface area contributed by atoms with Crippen LogP contribution in [0, 0.1) is 0 Å². The second-order valence-corrected chi connectivity index (χ2v) is 10.0. The molecule has 1 heterocycles. The highest BCUT2D eigenvalue weighted by atomic mass is 35.5. The van der Waals surface area contributed by atoms with Gasteiger partial charge in [0.05, 0.1) is 15.7 Å². The summed E-state index contributed by atoms with van der Waals surface area (Å²) < 4.78 is 2.07. The Morgan fingerprint density at radius 2 is 1.70 bits per heavy atom. The summed E-state index contributed by atoms with van der Waals surface area (Å²) in [6, 6.07) is 13.3. The Hall–Kier alpha value is -1.88. The lowest BCUT2D eigenvalue weighted by Gasteiger charge is -2.18. The first-order valence-electron chi connectivity index (χ1n) is 10.0. The van der Waals surface area contributed by atoms with Crippen LogP contribution in [-0.4, -0.2) is 10.5 Å². The predicted molar refractivity (Wildman–Crippen MR) is 128 cm³/mol. The lowest BCUT2D eigenvalue weighted by atomic mass is 9.87. The van der Waals surface area contributed by atoms with Gasteiger partial charge in [0.15, 0.2) is 4.80 Å². The summed E-state index contributed by atoms with van der Waals surface area (Å²) in [5, 5.41) is 1.04. The van der Waals surface area contributed by atoms with E-state index < -0.39 is 0 Å². The molecule has 0 saturated carbocycles. The van der Waals surface area contributed by atoms with Crippen LogP contribution >= 0.6 is 34.5 Å². The summed E-state index contributed by atoms with van der Waals surface area (Å²) in [6.45, 7) is 11.3. The average Bonchev–Trinajstić information content (AvgIpc) is 3.06. The Kier molecular flexibility index (Phi) is 6.91. The van der Waals surface area contributed by atoms with Crippen molar-refractivity contribution in [2.45, 2.75) is 53.0 Å². The number of nitrogens with zero attached hydrogens (tertiary/aromatic N) is 2. The van der Waals surface area contributed by atoms with Gasteiger partial charge in [-0.15, -0.1) is 11.3 Å². The van der Waals surface area contributed by atoms with Crippen LogP contribution < -0.4 is 4.80 Å². The third-order valence-electron chi connectivity index (χ3n) is 5.00. The number of rotatable bonds is 4. The van der Waals surface area contributed by atoms with Crippen LogP contribution in [-0.2, 0) is 18.4 Å². The molecule has 0 saturated heterocycles. The van der Waals surface area contributed by atoms with E-state index in [1.807, 2.05) is 36.4 Å². The van der Waals surface area contributed by atoms with Gasteiger partial charge in [-0.25, -0.2) is 0 Å². The molecule has 3 rings (SSSR count). The lowest BCUT2D eigenvalue weighted by molar-refractivity contribution is 0.0997. The second-order valence-electron chi connectivity index (χ2n) is 8.13. The summed E-state index contributed by atoms with van der Waals surface area (Å²) in [4.78, 5) is 19.2. The summed E-state index contributed by atoms with van der Waals surface area (Å²) >= 11 is 13.9. The van der Waals surface area contributed by atoms with Crippen molar-refractivity contribution in [2.24, 2.45) is 4.99 Å². The molecule has 0 aliphatic carbocycles. The Morgan fingerprint density at radius 1 is 1.03 bits per heavy atom. The third kappa shape index (κ3) is 4.72. The number of aryl methyl sites for hydroxylation is 1. The molecule has 0 aliphatic rings. The molecule has 1 aromatic heterocycles. The van der Waals surface area contributed by atoms with Crippen molar-refractivity contribution in [1.82, 2.24) is 4.57 Å². The van der Waals surface area contributed by atoms with Crippen LogP contribution in [0.15, 0.2) is 47.5 Å². The average molecular weight is 461 g/mol. The number of amides is 1. The maximum atomic E-state index is 12.9. The number of benzene rings is 2. The molecule has 1 amide bonds. The van der Waals surface area contributed by atoms with Crippen LogP contribution in [0.4, 0.5) is 0 Å². The van der Waals surface area contributed by atoms with E-state index in [4.69, 9.17) is 23.2 Å². The molecule has 0 spiro atoms. The molecule has 0 atom stereocenters. The van der Waals surface area contributed by atoms with Gasteiger partial charge in [-0.1, -0.05) is 69.1 Å². The minimum Gasteiger partial charge on any atom is -0.316 e. The Labute approximate surface area is 192 Å². The van der Waals surface area contributed by atoms with E-state index in [1.54, 1.807) is 17.4 Å². The molecule has 3 aromatic rings. The third-order valence-corrected chi connectivity index (χ3v) is 6.97. The van der Waals surface area contributed by atoms with E-state index in [1.165, 1.54) is 5.56 Å². The van der Waals surface area contributed by atoms with Crippen LogP contribution in [0.25, 0.3) is 11.3 Å². The van der Waals surface area contributed by atoms with E-state index in [0.29, 0.717) is 27.0 Å². The molecule has 0 aliphatic heterocycles. The van der Waals surface area contributed by atoms with Crippen LogP contribution in [0.2, 0.25) is 10.0 Å². The number of hydrogen-bond acceptors (Lipinski definition) is 2. The van der Waals surface area contributed by atoms with Crippen LogP contribution in [0.3, 0.4) is 0 Å². The zero-order valence-corrected chi connectivity index (χ0v) is 20.3. The smallest absolute Gasteiger partial charge is 0.279 e. The Morgan fingerprint density at radius 3 is 2.23 bits per heavy atom. The van der Waals surface area contributed by atoms with E-state index in [2.05, 4.69) is 44.2 Å². The zero-order chi connectivity index (χ0) is 22.1. The van der Waals surface area contributed by atoms with E-state index in [0.717, 1.165) is 22.6 Å². The van der Waals surface area contributed by atoms with Gasteiger partial charge in [0.1, 0.15) is 0 Å². The van der Waals surface area contributed by atoms with Crippen molar-refractivity contribution in [3.05, 3.63) is 73.3 Å². The van der Waals surface area contributed by atoms with Gasteiger partial charge in [-0.3, -0.25) is 4.79 Å². The highest BCUT2D eigenvalue weighted by Crippen LogP contribution is 2.32. The van der Waals surface area contributed by atoms with Crippen LogP contribution in [0.1, 0.15) is 55.4 Å². The minimum atomic E-state index is -0.234. The van der Waals surface area contributed by atoms with Crippen molar-refractivity contribution in [1.29, 1.82) is 0 Å². The number of carbonyl (C=O) groups is 1. The molecule has 6 heteroatoms. The summed E-state index contributed by atoms with van der Waals surface area (Å²) in [5.41, 5.74) is 3.84. The maximum Gasteiger partial charge on any atom is 0.279 e. The van der Waals surface area contributed by atoms with Crippen molar-refractivity contribution in [3.8, 4) is 11.3 Å². The zero-order valence-electron chi connectivity index (χ0n) is 17.9. The van der Waals surface area contributed by atoms with Crippen molar-refractivity contribution in [3.63, 3.8) is 0 Å². The van der Waals surface area contributed by atoms with E-state index in [-0.39, 0.29) is 11.3 Å². The highest BCUT2D eigenvalue weighted by Gasteiger charge is 2.17. The standard InChI is InChI=1S/C24H26Cl2N2OS/c1-6-20-21(16-10-13-18(25)19(26)14-16)28(7-2)23(30-20)27-22(29)15-8-11-17(12-9-15)24(3,4)5/h8-14H,6-7H2,1-5H3. The molecule has 158 valence electrons. The largest absolute Gasteiger partial charge is 0.316 e. The first-order chi connectivity index (χ1) is 14.2. The topological polar surface area (TPSA) is 34.4 Å². The molecule has 0 radical (unpaired) electrons. The van der Waals surface area contributed by atoms with Crippen molar-refractivity contribution < 1.29 is 4.79 Å². The molecule has 0 N–H and O–H groups in total. The fourth-order valence-corrected chi connectivity index (χ4v) is 4.75. The van der Waals surface area contributed by atoms with Gasteiger partial charge in [-0.05, 0) is 48.6 Å². The highest BCUT2D eigenvalue weighted by molar-refractivity contribution is 7.09. The van der Waals surface area contributed by atoms with E-state index in [9.17, 15) is 4.79 Å². The number of hydrogen-bond donors (Lipinski definition) is 0. The van der Waals surface area contributed by atoms with Gasteiger partial charge in [-0.2, -0.15) is 4.99 Å². The number of aromatic nitrogens is 1. The Bertz CT molecular complexity index is 1140. The molecular weight excluding hydrogens is 435 g/mol. The van der Waals surface area contributed by atoms with Gasteiger partial charge in [0.25, 0.3) is 5.91 Å². The van der Waals surface area contributed by atoms with Gasteiger partial charge >= 0.3 is 0 Å². The second kappa shape index (κ2) is 9.09. The molecule has 3 nitrogen and oxygen atoms in total. The van der Waals surface area contributed by atoms with Gasteiger partial charge in [0.2, 0.25) is 0 Å². The van der Waals surface area contributed by atoms with Gasteiger partial charge < -0.3 is 4.57 Å². The summed E-state index contributed by atoms with van der Waals surface area (Å²) in [6.07, 6.45) is 0.838. The molecule has 0 unspecified atom stereocenters. The number of carbonyl (C=O) groups excluding carboxylic acids is 1. The van der Waals surface area contributed by atoms with Crippen molar-refractivity contribution in [2.75, 3.05) is 0 Å². The molecule has 0 bridgehead atoms. The lowest BCUT2D eigenvalue weighted by Crippen LogP contribution is -2.17. The number of thiazole rings is 1. The molecule has 2 aromatic carbocycles. The number of halogens is 2. The normalized spacial score (nSPS) is 12.4. The minimum absolute atomic E-state index is 0.0441. The predicted octanol–water partition coefficient (Wildman–Crippen LogP) is 7.14. The first kappa shape index (κ1) is 22.8. The maximum absolute atomic E-state index is 12.9. The first-order valence-corrected chi connectivity index (χ1v) is 11.6. The van der Waals surface area contributed by atoms with E-state index >= 15 is 0 Å². The monoisotopic (exact) mass is 460 g/mol. The van der Waals surface area contributed by atoms with Gasteiger partial charge in [0, 0.05) is 22.5 Å². The SMILES string of the molecule is CCc1sc(=NC(=O)c2ccc(C(C)(C)C)cc2)n(CC)c1-c1ccc(Cl)c(Cl)c1. The molecule has 0 fully saturated rings. The van der Waals surface area contributed by atoms with Crippen molar-refractivity contribution >= 4 is 40.4 Å². The quantitative estimate of drug-likeness (QED) is 0.406. The van der Waals surface area contributed by atoms with Crippen LogP contribution in [0.5, 0.6) is 0 Å².